The Labute approximate surface area is 186 Å². The van der Waals surface area contributed by atoms with Crippen molar-refractivity contribution in [3.63, 3.8) is 0 Å². The fourth-order valence-electron chi connectivity index (χ4n) is 3.71. The van der Waals surface area contributed by atoms with Gasteiger partial charge in [-0.2, -0.15) is 5.10 Å². The fraction of sp³-hybridized carbons (Fsp3) is 0.0417. The molecule has 33 heavy (non-hydrogen) atoms. The number of halogens is 2. The summed E-state index contributed by atoms with van der Waals surface area (Å²) in [7, 11) is 0. The molecule has 5 aromatic rings. The number of nitrogens with zero attached hydrogens (tertiary/aromatic N) is 5. The Hall–Kier alpha value is -4.53. The second-order valence-electron chi connectivity index (χ2n) is 7.33. The first-order valence-electron chi connectivity index (χ1n) is 9.99. The van der Waals surface area contributed by atoms with Crippen molar-refractivity contribution in [1.29, 1.82) is 0 Å². The maximum absolute atomic E-state index is 15.6. The molecular weight excluding hydrogens is 424 g/mol. The standard InChI is InChI=1S/C24H17F2N7/c1-13(11-28-12-27-2)16-6-7-17-19(20(16)26)23(33-32-17)24-30-18-8-9-29-21(22(18)31-24)14-4-3-5-15(25)10-14/h3-12H,2H2,1H3,(H,30,31)(H,32,33)/b13-11+,28-12?. The van der Waals surface area contributed by atoms with Gasteiger partial charge < -0.3 is 4.98 Å². The highest BCUT2D eigenvalue weighted by Crippen LogP contribution is 2.33. The summed E-state index contributed by atoms with van der Waals surface area (Å²) < 4.78 is 29.3. The van der Waals surface area contributed by atoms with Crippen molar-refractivity contribution in [2.45, 2.75) is 6.92 Å². The number of nitrogens with one attached hydrogen (secondary N) is 2. The smallest absolute Gasteiger partial charge is 0.159 e. The maximum atomic E-state index is 15.6. The quantitative estimate of drug-likeness (QED) is 0.277. The van der Waals surface area contributed by atoms with Gasteiger partial charge in [-0.05, 0) is 49.5 Å². The van der Waals surface area contributed by atoms with E-state index in [0.29, 0.717) is 55.8 Å². The van der Waals surface area contributed by atoms with Crippen LogP contribution in [0.3, 0.4) is 0 Å². The van der Waals surface area contributed by atoms with Crippen molar-refractivity contribution < 1.29 is 8.78 Å². The molecule has 3 heterocycles. The van der Waals surface area contributed by atoms with E-state index in [1.165, 1.54) is 24.7 Å². The Morgan fingerprint density at radius 2 is 1.97 bits per heavy atom. The van der Waals surface area contributed by atoms with E-state index in [9.17, 15) is 4.39 Å². The lowest BCUT2D eigenvalue weighted by Gasteiger charge is -2.04. The van der Waals surface area contributed by atoms with Gasteiger partial charge in [-0.3, -0.25) is 15.1 Å². The van der Waals surface area contributed by atoms with Gasteiger partial charge in [0.05, 0.1) is 22.1 Å². The van der Waals surface area contributed by atoms with Gasteiger partial charge in [-0.1, -0.05) is 12.1 Å². The van der Waals surface area contributed by atoms with Gasteiger partial charge in [-0.15, -0.1) is 0 Å². The summed E-state index contributed by atoms with van der Waals surface area (Å²) in [6.45, 7) is 5.08. The fourth-order valence-corrected chi connectivity index (χ4v) is 3.71. The van der Waals surface area contributed by atoms with E-state index in [2.05, 4.69) is 41.9 Å². The van der Waals surface area contributed by atoms with Crippen molar-refractivity contribution in [3.05, 3.63) is 72.1 Å². The van der Waals surface area contributed by atoms with Crippen molar-refractivity contribution >= 4 is 40.6 Å². The number of hydrogen-bond acceptors (Lipinski definition) is 4. The highest BCUT2D eigenvalue weighted by Gasteiger charge is 2.20. The van der Waals surface area contributed by atoms with Gasteiger partial charge in [0.2, 0.25) is 0 Å². The van der Waals surface area contributed by atoms with Crippen molar-refractivity contribution in [2.24, 2.45) is 9.98 Å². The number of H-pyrrole nitrogens is 2. The number of pyridine rings is 1. The average Bonchev–Trinajstić information content (AvgIpc) is 3.43. The lowest BCUT2D eigenvalue weighted by Crippen LogP contribution is -1.90. The molecule has 3 aromatic heterocycles. The molecule has 0 atom stereocenters. The summed E-state index contributed by atoms with van der Waals surface area (Å²) in [6.07, 6.45) is 4.40. The van der Waals surface area contributed by atoms with Crippen LogP contribution >= 0.6 is 0 Å². The van der Waals surface area contributed by atoms with Crippen LogP contribution in [-0.2, 0) is 0 Å². The summed E-state index contributed by atoms with van der Waals surface area (Å²) in [5.41, 5.74) is 4.17. The summed E-state index contributed by atoms with van der Waals surface area (Å²) in [6, 6.07) is 11.3. The number of aliphatic imine (C=N–C) groups is 2. The van der Waals surface area contributed by atoms with E-state index in [1.807, 2.05) is 0 Å². The molecule has 162 valence electrons. The molecular formula is C24H17F2N7. The first kappa shape index (κ1) is 20.4. The topological polar surface area (TPSA) is 95.0 Å². The highest BCUT2D eigenvalue weighted by atomic mass is 19.1. The lowest BCUT2D eigenvalue weighted by molar-refractivity contribution is 0.628. The Kier molecular flexibility index (Phi) is 5.06. The van der Waals surface area contributed by atoms with E-state index in [0.717, 1.165) is 0 Å². The molecule has 0 saturated carbocycles. The van der Waals surface area contributed by atoms with Crippen LogP contribution in [0.25, 0.3) is 50.3 Å². The molecule has 9 heteroatoms. The molecule has 0 amide bonds. The third kappa shape index (κ3) is 3.59. The molecule has 0 unspecified atom stereocenters. The number of allylic oxidation sites excluding steroid dienone is 1. The molecule has 5 rings (SSSR count). The minimum Gasteiger partial charge on any atom is -0.336 e. The van der Waals surface area contributed by atoms with Crippen LogP contribution in [0.1, 0.15) is 12.5 Å². The van der Waals surface area contributed by atoms with E-state index in [1.54, 1.807) is 43.5 Å². The van der Waals surface area contributed by atoms with Crippen LogP contribution in [0.2, 0.25) is 0 Å². The summed E-state index contributed by atoms with van der Waals surface area (Å²) in [5.74, 6) is -0.448. The zero-order chi connectivity index (χ0) is 22.9. The molecule has 0 aliphatic carbocycles. The van der Waals surface area contributed by atoms with Crippen LogP contribution in [-0.4, -0.2) is 38.2 Å². The van der Waals surface area contributed by atoms with E-state index in [4.69, 9.17) is 0 Å². The maximum Gasteiger partial charge on any atom is 0.159 e. The molecule has 0 spiro atoms. The predicted molar refractivity (Wildman–Crippen MR) is 126 cm³/mol. The molecule has 0 radical (unpaired) electrons. The Morgan fingerprint density at radius 1 is 1.09 bits per heavy atom. The van der Waals surface area contributed by atoms with Gasteiger partial charge in [-0.25, -0.2) is 18.8 Å². The minimum atomic E-state index is -0.448. The molecule has 0 fully saturated rings. The number of imidazole rings is 1. The van der Waals surface area contributed by atoms with Crippen LogP contribution in [0.15, 0.2) is 64.8 Å². The largest absolute Gasteiger partial charge is 0.336 e. The summed E-state index contributed by atoms with van der Waals surface area (Å²) >= 11 is 0. The van der Waals surface area contributed by atoms with Crippen LogP contribution in [0.4, 0.5) is 8.78 Å². The Balaban J connectivity index is 1.67. The third-order valence-corrected chi connectivity index (χ3v) is 5.23. The highest BCUT2D eigenvalue weighted by molar-refractivity contribution is 5.97. The predicted octanol–water partition coefficient (Wildman–Crippen LogP) is 5.54. The van der Waals surface area contributed by atoms with Gasteiger partial charge in [0, 0.05) is 23.5 Å². The number of aromatic nitrogens is 5. The normalized spacial score (nSPS) is 12.3. The monoisotopic (exact) mass is 441 g/mol. The number of fused-ring (bicyclic) bond motifs is 2. The summed E-state index contributed by atoms with van der Waals surface area (Å²) in [5, 5.41) is 7.46. The zero-order valence-corrected chi connectivity index (χ0v) is 17.5. The number of benzene rings is 2. The first-order valence-corrected chi connectivity index (χ1v) is 9.99. The van der Waals surface area contributed by atoms with Gasteiger partial charge in [0.15, 0.2) is 5.82 Å². The molecule has 2 aromatic carbocycles. The Morgan fingerprint density at radius 3 is 2.79 bits per heavy atom. The number of aromatic amines is 2. The lowest BCUT2D eigenvalue weighted by atomic mass is 10.0. The molecule has 0 aliphatic rings. The number of rotatable bonds is 5. The molecule has 7 nitrogen and oxygen atoms in total. The van der Waals surface area contributed by atoms with Crippen molar-refractivity contribution in [1.82, 2.24) is 25.1 Å². The SMILES string of the molecule is C=NC=N/C=C(\C)c1ccc2[nH]nc(-c3nc4c(-c5cccc(F)c5)nccc4[nH]3)c2c1F. The molecule has 2 N–H and O–H groups in total. The van der Waals surface area contributed by atoms with E-state index >= 15 is 4.39 Å². The molecule has 0 saturated heterocycles. The minimum absolute atomic E-state index is 0.297. The van der Waals surface area contributed by atoms with Crippen LogP contribution in [0, 0.1) is 11.6 Å². The number of hydrogen-bond donors (Lipinski definition) is 2. The first-order chi connectivity index (χ1) is 16.1. The van der Waals surface area contributed by atoms with Crippen molar-refractivity contribution in [2.75, 3.05) is 0 Å². The second-order valence-corrected chi connectivity index (χ2v) is 7.33. The molecule has 0 bridgehead atoms. The second kappa shape index (κ2) is 8.19. The van der Waals surface area contributed by atoms with Gasteiger partial charge in [0.25, 0.3) is 0 Å². The zero-order valence-electron chi connectivity index (χ0n) is 17.5. The summed E-state index contributed by atoms with van der Waals surface area (Å²) in [4.78, 5) is 19.7. The van der Waals surface area contributed by atoms with Crippen molar-refractivity contribution in [3.8, 4) is 22.8 Å². The van der Waals surface area contributed by atoms with Crippen LogP contribution in [0.5, 0.6) is 0 Å². The van der Waals surface area contributed by atoms with Crippen LogP contribution < -0.4 is 0 Å². The van der Waals surface area contributed by atoms with Gasteiger partial charge >= 0.3 is 0 Å². The average molecular weight is 441 g/mol. The third-order valence-electron chi connectivity index (χ3n) is 5.23. The van der Waals surface area contributed by atoms with Gasteiger partial charge in [0.1, 0.15) is 29.2 Å². The van der Waals surface area contributed by atoms with E-state index < -0.39 is 5.82 Å². The molecule has 0 aliphatic heterocycles. The Bertz CT molecular complexity index is 1580. The van der Waals surface area contributed by atoms with E-state index in [-0.39, 0.29) is 5.82 Å².